The summed E-state index contributed by atoms with van der Waals surface area (Å²) in [4.78, 5) is 29.0. The Hall–Kier alpha value is -1.24. The minimum absolute atomic E-state index is 0.256. The Morgan fingerprint density at radius 3 is 2.41 bits per heavy atom. The van der Waals surface area contributed by atoms with Gasteiger partial charge in [-0.25, -0.2) is 5.48 Å². The molecule has 0 radical (unpaired) electrons. The second-order valence-electron chi connectivity index (χ2n) is 3.20. The van der Waals surface area contributed by atoms with Crippen molar-refractivity contribution in [3.63, 3.8) is 0 Å². The summed E-state index contributed by atoms with van der Waals surface area (Å²) in [6.07, 6.45) is 0. The van der Waals surface area contributed by atoms with E-state index < -0.39 is 26.0 Å². The van der Waals surface area contributed by atoms with Crippen LogP contribution < -0.4 is 5.48 Å². The largest absolute Gasteiger partial charge is 0.358 e. The maximum atomic E-state index is 11.2. The predicted molar refractivity (Wildman–Crippen MR) is 57.1 cm³/mol. The van der Waals surface area contributed by atoms with Gasteiger partial charge in [0.05, 0.1) is 0 Å². The number of hydrogen-bond donors (Lipinski definition) is 4. The van der Waals surface area contributed by atoms with Crippen molar-refractivity contribution in [1.29, 1.82) is 0 Å². The molecule has 7 nitrogen and oxygen atoms in total. The molecule has 0 saturated carbocycles. The molecule has 0 aliphatic carbocycles. The molecule has 1 rings (SSSR count). The highest BCUT2D eigenvalue weighted by Gasteiger charge is 2.31. The lowest BCUT2D eigenvalue weighted by Gasteiger charge is -2.18. The molecule has 1 amide bonds. The van der Waals surface area contributed by atoms with Crippen molar-refractivity contribution in [2.75, 3.05) is 6.61 Å². The zero-order chi connectivity index (χ0) is 12.9. The second-order valence-corrected chi connectivity index (χ2v) is 4.85. The molecule has 0 aliphatic heterocycles. The average Bonchev–Trinajstić information content (AvgIpc) is 2.28. The van der Waals surface area contributed by atoms with Crippen LogP contribution in [0.4, 0.5) is 0 Å². The molecule has 94 valence electrons. The monoisotopic (exact) mass is 261 g/mol. The molecule has 8 heteroatoms. The molecule has 1 aromatic rings. The Bertz CT molecular complexity index is 417. The molecule has 0 fully saturated rings. The minimum Gasteiger partial charge on any atom is -0.351 e. The summed E-state index contributed by atoms with van der Waals surface area (Å²) in [6, 6.07) is 7.81. The summed E-state index contributed by atoms with van der Waals surface area (Å²) in [5.74, 6) is -2.42. The van der Waals surface area contributed by atoms with Crippen molar-refractivity contribution in [2.45, 2.75) is 5.85 Å². The summed E-state index contributed by atoms with van der Waals surface area (Å²) in [7, 11) is -4.55. The smallest absolute Gasteiger partial charge is 0.351 e. The molecule has 17 heavy (non-hydrogen) atoms. The molecule has 0 heterocycles. The van der Waals surface area contributed by atoms with Crippen LogP contribution in [-0.4, -0.2) is 27.5 Å². The lowest BCUT2D eigenvalue weighted by Crippen LogP contribution is -2.25. The lowest BCUT2D eigenvalue weighted by atomic mass is 10.2. The van der Waals surface area contributed by atoms with E-state index in [1.54, 1.807) is 18.2 Å². The molecule has 1 atom stereocenters. The van der Waals surface area contributed by atoms with E-state index >= 15 is 0 Å². The van der Waals surface area contributed by atoms with E-state index in [1.165, 1.54) is 17.6 Å². The predicted octanol–water partition coefficient (Wildman–Crippen LogP) is 0.385. The van der Waals surface area contributed by atoms with Crippen LogP contribution in [0.25, 0.3) is 0 Å². The fraction of sp³-hybridized carbons (Fsp3) is 0.222. The number of carbonyl (C=O) groups is 1. The van der Waals surface area contributed by atoms with Gasteiger partial charge in [-0.05, 0) is 5.56 Å². The van der Waals surface area contributed by atoms with Crippen LogP contribution in [0.2, 0.25) is 0 Å². The van der Waals surface area contributed by atoms with E-state index in [1.807, 2.05) is 0 Å². The third-order valence-electron chi connectivity index (χ3n) is 1.89. The van der Waals surface area contributed by atoms with Gasteiger partial charge in [-0.1, -0.05) is 30.3 Å². The molecule has 0 aromatic heterocycles. The van der Waals surface area contributed by atoms with Crippen molar-refractivity contribution >= 4 is 13.5 Å². The summed E-state index contributed by atoms with van der Waals surface area (Å²) in [5.41, 5.74) is 1.56. The van der Waals surface area contributed by atoms with Crippen LogP contribution in [0, 0.1) is 0 Å². The second kappa shape index (κ2) is 5.90. The Labute approximate surface area is 97.2 Å². The fourth-order valence-electron chi connectivity index (χ4n) is 1.19. The van der Waals surface area contributed by atoms with Crippen LogP contribution in [-0.2, 0) is 14.1 Å². The molecule has 0 aliphatic rings. The maximum absolute atomic E-state index is 11.2. The van der Waals surface area contributed by atoms with Crippen molar-refractivity contribution in [3.8, 4) is 0 Å². The highest BCUT2D eigenvalue weighted by molar-refractivity contribution is 7.52. The quantitative estimate of drug-likeness (QED) is 0.346. The first-order valence-corrected chi connectivity index (χ1v) is 6.28. The van der Waals surface area contributed by atoms with Crippen molar-refractivity contribution < 1.29 is 29.1 Å². The zero-order valence-electron chi connectivity index (χ0n) is 8.68. The first-order chi connectivity index (χ1) is 7.95. The van der Waals surface area contributed by atoms with E-state index in [0.29, 0.717) is 0 Å². The average molecular weight is 261 g/mol. The number of ether oxygens (including phenoxy) is 1. The van der Waals surface area contributed by atoms with Gasteiger partial charge in [-0.2, -0.15) is 0 Å². The normalized spacial score (nSPS) is 13.1. The van der Waals surface area contributed by atoms with Crippen LogP contribution in [0.3, 0.4) is 0 Å². The van der Waals surface area contributed by atoms with Crippen LogP contribution in [0.5, 0.6) is 0 Å². The molecule has 0 saturated heterocycles. The Morgan fingerprint density at radius 2 is 1.94 bits per heavy atom. The molecular weight excluding hydrogens is 249 g/mol. The van der Waals surface area contributed by atoms with E-state index in [2.05, 4.69) is 0 Å². The van der Waals surface area contributed by atoms with Gasteiger partial charge >= 0.3 is 7.60 Å². The van der Waals surface area contributed by atoms with E-state index in [0.717, 1.165) is 0 Å². The van der Waals surface area contributed by atoms with E-state index in [9.17, 15) is 9.36 Å². The molecular formula is C9H12NO6P. The molecule has 1 aromatic carbocycles. The van der Waals surface area contributed by atoms with Gasteiger partial charge in [0.25, 0.3) is 5.91 Å². The standard InChI is InChI=1S/C9H12NO6P/c11-8(10-12)6-16-9(17(13,14)15)7-4-2-1-3-5-7/h1-5,9,12H,6H2,(H,10,11)(H2,13,14,15)/t9-/m1/s1. The minimum atomic E-state index is -4.55. The van der Waals surface area contributed by atoms with Crippen LogP contribution >= 0.6 is 7.60 Å². The first-order valence-electron chi connectivity index (χ1n) is 4.60. The Balaban J connectivity index is 2.83. The Kier molecular flexibility index (Phi) is 4.80. The number of amides is 1. The zero-order valence-corrected chi connectivity index (χ0v) is 9.58. The summed E-state index contributed by atoms with van der Waals surface area (Å²) in [6.45, 7) is -0.652. The van der Waals surface area contributed by atoms with Gasteiger partial charge < -0.3 is 14.5 Å². The number of rotatable bonds is 5. The van der Waals surface area contributed by atoms with Crippen LogP contribution in [0.15, 0.2) is 30.3 Å². The topological polar surface area (TPSA) is 116 Å². The summed E-state index contributed by atoms with van der Waals surface area (Å²) < 4.78 is 16.0. The number of hydroxylamine groups is 1. The summed E-state index contributed by atoms with van der Waals surface area (Å²) >= 11 is 0. The fourth-order valence-corrected chi connectivity index (χ4v) is 2.02. The molecule has 4 N–H and O–H groups in total. The van der Waals surface area contributed by atoms with E-state index in [4.69, 9.17) is 19.7 Å². The van der Waals surface area contributed by atoms with Crippen molar-refractivity contribution in [1.82, 2.24) is 5.48 Å². The van der Waals surface area contributed by atoms with Gasteiger partial charge in [0.2, 0.25) is 0 Å². The van der Waals surface area contributed by atoms with Gasteiger partial charge in [-0.3, -0.25) is 14.6 Å². The van der Waals surface area contributed by atoms with Gasteiger partial charge in [0.15, 0.2) is 5.85 Å². The Morgan fingerprint density at radius 1 is 1.35 bits per heavy atom. The number of carbonyl (C=O) groups excluding carboxylic acids is 1. The summed E-state index contributed by atoms with van der Waals surface area (Å²) in [5, 5.41) is 8.25. The molecule has 0 unspecified atom stereocenters. The third-order valence-corrected chi connectivity index (χ3v) is 2.95. The number of hydrogen-bond acceptors (Lipinski definition) is 4. The number of nitrogens with one attached hydrogen (secondary N) is 1. The highest BCUT2D eigenvalue weighted by Crippen LogP contribution is 2.52. The maximum Gasteiger partial charge on any atom is 0.358 e. The van der Waals surface area contributed by atoms with Crippen LogP contribution in [0.1, 0.15) is 11.4 Å². The van der Waals surface area contributed by atoms with E-state index in [-0.39, 0.29) is 5.56 Å². The molecule has 0 bridgehead atoms. The van der Waals surface area contributed by atoms with Gasteiger partial charge in [0, 0.05) is 0 Å². The van der Waals surface area contributed by atoms with Crippen molar-refractivity contribution in [2.24, 2.45) is 0 Å². The van der Waals surface area contributed by atoms with Crippen molar-refractivity contribution in [3.05, 3.63) is 35.9 Å². The van der Waals surface area contributed by atoms with Gasteiger partial charge in [0.1, 0.15) is 6.61 Å². The molecule has 0 spiro atoms. The first kappa shape index (κ1) is 13.8. The lowest BCUT2D eigenvalue weighted by molar-refractivity contribution is -0.134. The van der Waals surface area contributed by atoms with Gasteiger partial charge in [-0.15, -0.1) is 0 Å². The third kappa shape index (κ3) is 4.26. The highest BCUT2D eigenvalue weighted by atomic mass is 31.2. The SMILES string of the molecule is O=C(CO[C@@H](c1ccccc1)P(=O)(O)O)NO. The number of benzene rings is 1.